The van der Waals surface area contributed by atoms with Gasteiger partial charge in [-0.15, -0.1) is 0 Å². The minimum atomic E-state index is -3.23. The van der Waals surface area contributed by atoms with Crippen molar-refractivity contribution in [3.8, 4) is 0 Å². The first-order chi connectivity index (χ1) is 9.54. The maximum Gasteiger partial charge on any atom is 0.216 e. The molecule has 20 heavy (non-hydrogen) atoms. The van der Waals surface area contributed by atoms with Gasteiger partial charge in [0.1, 0.15) is 0 Å². The van der Waals surface area contributed by atoms with Crippen molar-refractivity contribution >= 4 is 21.5 Å². The summed E-state index contributed by atoms with van der Waals surface area (Å²) in [6.07, 6.45) is 1.69. The molecule has 1 aliphatic rings. The molecule has 1 aliphatic heterocycles. The number of hydrogen-bond donors (Lipinski definition) is 1. The lowest BCUT2D eigenvalue weighted by Crippen LogP contribution is -2.50. The number of aromatic nitrogens is 1. The Morgan fingerprint density at radius 2 is 2.05 bits per heavy atom. The van der Waals surface area contributed by atoms with Crippen LogP contribution in [-0.2, 0) is 14.8 Å². The van der Waals surface area contributed by atoms with E-state index in [0.717, 1.165) is 5.82 Å². The third-order valence-corrected chi connectivity index (χ3v) is 5.13. The Labute approximate surface area is 119 Å². The molecule has 112 valence electrons. The number of nitrogens with two attached hydrogens (primary N) is 1. The first-order valence-electron chi connectivity index (χ1n) is 6.47. The molecule has 1 saturated heterocycles. The summed E-state index contributed by atoms with van der Waals surface area (Å²) >= 11 is 0. The Balaban J connectivity index is 1.98. The minimum absolute atomic E-state index is 0.0230. The van der Waals surface area contributed by atoms with Gasteiger partial charge in [0.15, 0.2) is 5.82 Å². The Morgan fingerprint density at radius 3 is 2.65 bits per heavy atom. The van der Waals surface area contributed by atoms with Crippen molar-refractivity contribution in [3.05, 3.63) is 18.3 Å². The van der Waals surface area contributed by atoms with E-state index in [1.807, 2.05) is 4.90 Å². The molecule has 0 bridgehead atoms. The van der Waals surface area contributed by atoms with Gasteiger partial charge in [-0.1, -0.05) is 0 Å². The SMILES string of the molecule is COCCS(=O)(=O)N1CCN(c2ncccc2N)CC1. The van der Waals surface area contributed by atoms with E-state index in [9.17, 15) is 8.42 Å². The van der Waals surface area contributed by atoms with Gasteiger partial charge in [-0.3, -0.25) is 0 Å². The van der Waals surface area contributed by atoms with E-state index in [1.165, 1.54) is 11.4 Å². The second-order valence-electron chi connectivity index (χ2n) is 4.61. The smallest absolute Gasteiger partial charge is 0.216 e. The van der Waals surface area contributed by atoms with Gasteiger partial charge < -0.3 is 15.4 Å². The maximum atomic E-state index is 12.0. The van der Waals surface area contributed by atoms with Crippen LogP contribution in [0.3, 0.4) is 0 Å². The van der Waals surface area contributed by atoms with Crippen molar-refractivity contribution in [1.82, 2.24) is 9.29 Å². The number of rotatable bonds is 5. The second-order valence-corrected chi connectivity index (χ2v) is 6.70. The van der Waals surface area contributed by atoms with Crippen LogP contribution in [-0.4, -0.2) is 63.4 Å². The molecule has 2 heterocycles. The van der Waals surface area contributed by atoms with Crippen LogP contribution >= 0.6 is 0 Å². The van der Waals surface area contributed by atoms with E-state index in [0.29, 0.717) is 31.9 Å². The zero-order chi connectivity index (χ0) is 14.6. The van der Waals surface area contributed by atoms with Crippen molar-refractivity contribution in [2.45, 2.75) is 0 Å². The molecule has 0 radical (unpaired) electrons. The van der Waals surface area contributed by atoms with Crippen molar-refractivity contribution < 1.29 is 13.2 Å². The predicted molar refractivity (Wildman–Crippen MR) is 78.1 cm³/mol. The Kier molecular flexibility index (Phi) is 4.79. The number of nitrogens with zero attached hydrogens (tertiary/aromatic N) is 3. The van der Waals surface area contributed by atoms with Gasteiger partial charge in [0, 0.05) is 39.5 Å². The summed E-state index contributed by atoms with van der Waals surface area (Å²) in [6, 6.07) is 3.58. The third-order valence-electron chi connectivity index (χ3n) is 3.29. The van der Waals surface area contributed by atoms with Crippen LogP contribution in [0.1, 0.15) is 0 Å². The lowest BCUT2D eigenvalue weighted by molar-refractivity contribution is 0.215. The number of sulfonamides is 1. The summed E-state index contributed by atoms with van der Waals surface area (Å²) in [6.45, 7) is 2.29. The highest BCUT2D eigenvalue weighted by Gasteiger charge is 2.27. The van der Waals surface area contributed by atoms with Crippen molar-refractivity contribution in [1.29, 1.82) is 0 Å². The Hall–Kier alpha value is -1.38. The minimum Gasteiger partial charge on any atom is -0.396 e. The summed E-state index contributed by atoms with van der Waals surface area (Å²) < 4.78 is 30.4. The standard InChI is InChI=1S/C12H20N4O3S/c1-19-9-10-20(17,18)16-7-5-15(6-8-16)12-11(13)3-2-4-14-12/h2-4H,5-10,13H2,1H3. The third kappa shape index (κ3) is 3.38. The number of piperazine rings is 1. The molecule has 2 N–H and O–H groups in total. The average molecular weight is 300 g/mol. The molecule has 1 fully saturated rings. The lowest BCUT2D eigenvalue weighted by atomic mass is 10.3. The van der Waals surface area contributed by atoms with Crippen molar-refractivity contribution in [2.24, 2.45) is 0 Å². The lowest BCUT2D eigenvalue weighted by Gasteiger charge is -2.35. The van der Waals surface area contributed by atoms with E-state index in [4.69, 9.17) is 10.5 Å². The highest BCUT2D eigenvalue weighted by molar-refractivity contribution is 7.89. The fourth-order valence-corrected chi connectivity index (χ4v) is 3.52. The fraction of sp³-hybridized carbons (Fsp3) is 0.583. The number of methoxy groups -OCH3 is 1. The summed E-state index contributed by atoms with van der Waals surface area (Å²) in [5, 5.41) is 0. The monoisotopic (exact) mass is 300 g/mol. The number of ether oxygens (including phenoxy) is 1. The quantitative estimate of drug-likeness (QED) is 0.807. The molecule has 0 spiro atoms. The average Bonchev–Trinajstić information content (AvgIpc) is 2.46. The summed E-state index contributed by atoms with van der Waals surface area (Å²) in [5.74, 6) is 0.747. The van der Waals surface area contributed by atoms with Crippen molar-refractivity contribution in [3.63, 3.8) is 0 Å². The molecule has 2 rings (SSSR count). The summed E-state index contributed by atoms with van der Waals surface area (Å²) in [4.78, 5) is 6.26. The van der Waals surface area contributed by atoms with Crippen molar-refractivity contribution in [2.75, 3.05) is 56.3 Å². The fourth-order valence-electron chi connectivity index (χ4n) is 2.17. The van der Waals surface area contributed by atoms with Gasteiger partial charge in [0.2, 0.25) is 10.0 Å². The van der Waals surface area contributed by atoms with Gasteiger partial charge >= 0.3 is 0 Å². The number of pyridine rings is 1. The Bertz CT molecular complexity index is 541. The summed E-state index contributed by atoms with van der Waals surface area (Å²) in [5.41, 5.74) is 6.50. The highest BCUT2D eigenvalue weighted by Crippen LogP contribution is 2.21. The van der Waals surface area contributed by atoms with E-state index < -0.39 is 10.0 Å². The van der Waals surface area contributed by atoms with E-state index in [-0.39, 0.29) is 12.4 Å². The van der Waals surface area contributed by atoms with Crippen LogP contribution in [0, 0.1) is 0 Å². The van der Waals surface area contributed by atoms with Crippen LogP contribution in [0.5, 0.6) is 0 Å². The molecule has 1 aromatic rings. The second kappa shape index (κ2) is 6.38. The first-order valence-corrected chi connectivity index (χ1v) is 8.08. The largest absolute Gasteiger partial charge is 0.396 e. The molecule has 0 unspecified atom stereocenters. The topological polar surface area (TPSA) is 88.8 Å². The molecule has 0 atom stereocenters. The zero-order valence-corrected chi connectivity index (χ0v) is 12.3. The van der Waals surface area contributed by atoms with E-state index in [2.05, 4.69) is 4.98 Å². The van der Waals surface area contributed by atoms with Gasteiger partial charge in [-0.25, -0.2) is 13.4 Å². The maximum absolute atomic E-state index is 12.0. The van der Waals surface area contributed by atoms with E-state index in [1.54, 1.807) is 18.3 Å². The molecule has 1 aromatic heterocycles. The summed E-state index contributed by atoms with van der Waals surface area (Å²) in [7, 11) is -1.73. The molecule has 0 saturated carbocycles. The van der Waals surface area contributed by atoms with Crippen LogP contribution in [0.15, 0.2) is 18.3 Å². The predicted octanol–water partition coefficient (Wildman–Crippen LogP) is -0.238. The van der Waals surface area contributed by atoms with E-state index >= 15 is 0 Å². The molecule has 8 heteroatoms. The first kappa shape index (κ1) is 15.0. The molecule has 0 aromatic carbocycles. The van der Waals surface area contributed by atoms with Crippen LogP contribution in [0.2, 0.25) is 0 Å². The molecule has 0 aliphatic carbocycles. The van der Waals surface area contributed by atoms with Gasteiger partial charge in [0.05, 0.1) is 18.0 Å². The molecular weight excluding hydrogens is 280 g/mol. The molecular formula is C12H20N4O3S. The molecule has 0 amide bonds. The highest BCUT2D eigenvalue weighted by atomic mass is 32.2. The van der Waals surface area contributed by atoms with Crippen LogP contribution < -0.4 is 10.6 Å². The van der Waals surface area contributed by atoms with Crippen LogP contribution in [0.4, 0.5) is 11.5 Å². The zero-order valence-electron chi connectivity index (χ0n) is 11.5. The van der Waals surface area contributed by atoms with Crippen LogP contribution in [0.25, 0.3) is 0 Å². The Morgan fingerprint density at radius 1 is 1.35 bits per heavy atom. The van der Waals surface area contributed by atoms with Gasteiger partial charge in [-0.05, 0) is 12.1 Å². The van der Waals surface area contributed by atoms with Gasteiger partial charge in [-0.2, -0.15) is 4.31 Å². The number of hydrogen-bond acceptors (Lipinski definition) is 6. The van der Waals surface area contributed by atoms with Gasteiger partial charge in [0.25, 0.3) is 0 Å². The molecule has 7 nitrogen and oxygen atoms in total. The number of anilines is 2. The number of nitrogen functional groups attached to an aromatic ring is 1. The normalized spacial score (nSPS) is 17.4.